The molecule has 1 saturated carbocycles. The second-order valence-electron chi connectivity index (χ2n) is 5.84. The van der Waals surface area contributed by atoms with Crippen LogP contribution in [0, 0.1) is 5.92 Å². The molecule has 0 bridgehead atoms. The lowest BCUT2D eigenvalue weighted by atomic mass is 9.99. The van der Waals surface area contributed by atoms with Crippen LogP contribution in [0.2, 0.25) is 0 Å². The van der Waals surface area contributed by atoms with Gasteiger partial charge >= 0.3 is 0 Å². The number of nitrogens with one attached hydrogen (secondary N) is 2. The zero-order chi connectivity index (χ0) is 13.2. The molecule has 6 heteroatoms. The maximum atomic E-state index is 11.7. The molecule has 2 rings (SSSR count). The Hall–Kier alpha value is -0.170. The van der Waals surface area contributed by atoms with Gasteiger partial charge < -0.3 is 0 Å². The average molecular weight is 275 g/mol. The lowest BCUT2D eigenvalue weighted by molar-refractivity contribution is 0.140. The van der Waals surface area contributed by atoms with E-state index in [-0.39, 0.29) is 12.1 Å². The quantitative estimate of drug-likeness (QED) is 0.750. The highest BCUT2D eigenvalue weighted by molar-refractivity contribution is 7.87. The van der Waals surface area contributed by atoms with E-state index in [2.05, 4.69) is 28.2 Å². The van der Waals surface area contributed by atoms with Gasteiger partial charge in [-0.2, -0.15) is 13.1 Å². The van der Waals surface area contributed by atoms with Gasteiger partial charge in [-0.3, -0.25) is 4.90 Å². The van der Waals surface area contributed by atoms with E-state index in [1.54, 1.807) is 0 Å². The number of likely N-dealkylation sites (tertiary alicyclic amines) is 1. The molecule has 1 saturated heterocycles. The lowest BCUT2D eigenvalue weighted by Crippen LogP contribution is -2.48. The minimum Gasteiger partial charge on any atom is -0.299 e. The summed E-state index contributed by atoms with van der Waals surface area (Å²) in [6.07, 6.45) is 4.46. The molecule has 0 amide bonds. The molecule has 1 aliphatic heterocycles. The van der Waals surface area contributed by atoms with Crippen molar-refractivity contribution in [3.8, 4) is 0 Å². The van der Waals surface area contributed by atoms with Crippen molar-refractivity contribution in [1.29, 1.82) is 0 Å². The molecule has 2 atom stereocenters. The maximum Gasteiger partial charge on any atom is 0.277 e. The van der Waals surface area contributed by atoms with Gasteiger partial charge in [0.15, 0.2) is 0 Å². The lowest BCUT2D eigenvalue weighted by Gasteiger charge is -2.35. The van der Waals surface area contributed by atoms with E-state index in [4.69, 9.17) is 0 Å². The molecule has 0 unspecified atom stereocenters. The van der Waals surface area contributed by atoms with Gasteiger partial charge in [0.05, 0.1) is 0 Å². The fraction of sp³-hybridized carbons (Fsp3) is 1.00. The molecule has 1 aliphatic carbocycles. The standard InChI is InChI=1S/C12H25N3O2S/c1-10-4-3-7-15(9-10)11(2)8-13-18(16,17)14-12-5-6-12/h10-14H,3-9H2,1-2H3/t10-,11+/m0/s1. The Labute approximate surface area is 110 Å². The highest BCUT2D eigenvalue weighted by Crippen LogP contribution is 2.19. The number of piperidine rings is 1. The Morgan fingerprint density at radius 1 is 1.33 bits per heavy atom. The summed E-state index contributed by atoms with van der Waals surface area (Å²) in [5.74, 6) is 0.724. The molecule has 0 spiro atoms. The predicted octanol–water partition coefficient (Wildman–Crippen LogP) is 0.693. The predicted molar refractivity (Wildman–Crippen MR) is 72.5 cm³/mol. The molecule has 106 valence electrons. The first kappa shape index (κ1) is 14.2. The molecule has 2 aliphatic rings. The molecule has 0 aromatic rings. The molecule has 2 fully saturated rings. The summed E-state index contributed by atoms with van der Waals surface area (Å²) in [6, 6.07) is 0.441. The van der Waals surface area contributed by atoms with Crippen molar-refractivity contribution in [1.82, 2.24) is 14.3 Å². The number of nitrogens with zero attached hydrogens (tertiary/aromatic N) is 1. The Morgan fingerprint density at radius 3 is 2.67 bits per heavy atom. The van der Waals surface area contributed by atoms with E-state index in [1.165, 1.54) is 12.8 Å². The summed E-state index contributed by atoms with van der Waals surface area (Å²) in [7, 11) is -3.29. The molecular formula is C12H25N3O2S. The van der Waals surface area contributed by atoms with E-state index in [0.29, 0.717) is 6.54 Å². The second-order valence-corrected chi connectivity index (χ2v) is 7.37. The van der Waals surface area contributed by atoms with E-state index in [1.807, 2.05) is 0 Å². The summed E-state index contributed by atoms with van der Waals surface area (Å²) in [6.45, 7) is 7.02. The van der Waals surface area contributed by atoms with Crippen molar-refractivity contribution in [3.05, 3.63) is 0 Å². The fourth-order valence-electron chi connectivity index (χ4n) is 2.45. The van der Waals surface area contributed by atoms with Crippen LogP contribution in [0.1, 0.15) is 39.5 Å². The Morgan fingerprint density at radius 2 is 2.06 bits per heavy atom. The second kappa shape index (κ2) is 5.86. The maximum absolute atomic E-state index is 11.7. The summed E-state index contributed by atoms with van der Waals surface area (Å²) in [5.41, 5.74) is 0. The Balaban J connectivity index is 1.74. The fourth-order valence-corrected chi connectivity index (χ4v) is 3.67. The van der Waals surface area contributed by atoms with Gasteiger partial charge in [0.2, 0.25) is 0 Å². The van der Waals surface area contributed by atoms with Crippen LogP contribution < -0.4 is 9.44 Å². The molecule has 18 heavy (non-hydrogen) atoms. The van der Waals surface area contributed by atoms with Crippen LogP contribution >= 0.6 is 0 Å². The van der Waals surface area contributed by atoms with Crippen molar-refractivity contribution < 1.29 is 8.42 Å². The van der Waals surface area contributed by atoms with Crippen molar-refractivity contribution in [2.75, 3.05) is 19.6 Å². The van der Waals surface area contributed by atoms with Crippen LogP contribution in [-0.4, -0.2) is 45.0 Å². The summed E-state index contributed by atoms with van der Waals surface area (Å²) in [4.78, 5) is 2.38. The minimum absolute atomic E-state index is 0.174. The highest BCUT2D eigenvalue weighted by atomic mass is 32.2. The summed E-state index contributed by atoms with van der Waals surface area (Å²) < 4.78 is 28.7. The summed E-state index contributed by atoms with van der Waals surface area (Å²) in [5, 5.41) is 0. The largest absolute Gasteiger partial charge is 0.299 e. The van der Waals surface area contributed by atoms with Gasteiger partial charge in [0.25, 0.3) is 10.2 Å². The normalized spacial score (nSPS) is 28.2. The van der Waals surface area contributed by atoms with Crippen molar-refractivity contribution in [2.45, 2.75) is 51.6 Å². The molecule has 5 nitrogen and oxygen atoms in total. The number of hydrogen-bond donors (Lipinski definition) is 2. The highest BCUT2D eigenvalue weighted by Gasteiger charge is 2.27. The van der Waals surface area contributed by atoms with E-state index in [9.17, 15) is 8.42 Å². The molecule has 0 radical (unpaired) electrons. The first-order valence-corrected chi connectivity index (χ1v) is 8.45. The third-order valence-electron chi connectivity index (χ3n) is 3.78. The van der Waals surface area contributed by atoms with Gasteiger partial charge in [-0.1, -0.05) is 6.92 Å². The van der Waals surface area contributed by atoms with Gasteiger partial charge in [0, 0.05) is 25.2 Å². The van der Waals surface area contributed by atoms with Crippen LogP contribution in [0.3, 0.4) is 0 Å². The van der Waals surface area contributed by atoms with Crippen molar-refractivity contribution in [2.24, 2.45) is 5.92 Å². The topological polar surface area (TPSA) is 61.4 Å². The molecule has 0 aromatic heterocycles. The molecule has 1 heterocycles. The van der Waals surface area contributed by atoms with Crippen LogP contribution in [0.15, 0.2) is 0 Å². The number of hydrogen-bond acceptors (Lipinski definition) is 3. The third-order valence-corrected chi connectivity index (χ3v) is 4.97. The third kappa shape index (κ3) is 4.50. The first-order chi connectivity index (χ1) is 8.46. The van der Waals surface area contributed by atoms with Gasteiger partial charge in [-0.05, 0) is 45.1 Å². The van der Waals surface area contributed by atoms with Crippen molar-refractivity contribution in [3.63, 3.8) is 0 Å². The summed E-state index contributed by atoms with van der Waals surface area (Å²) >= 11 is 0. The first-order valence-electron chi connectivity index (χ1n) is 6.97. The van der Waals surface area contributed by atoms with Crippen LogP contribution in [0.5, 0.6) is 0 Å². The Bertz CT molecular complexity index is 368. The van der Waals surface area contributed by atoms with Gasteiger partial charge in [-0.15, -0.1) is 0 Å². The monoisotopic (exact) mass is 275 g/mol. The molecule has 2 N–H and O–H groups in total. The SMILES string of the molecule is C[C@H]1CCCN([C@H](C)CNS(=O)(=O)NC2CC2)C1. The van der Waals surface area contributed by atoms with E-state index in [0.717, 1.165) is 31.8 Å². The van der Waals surface area contributed by atoms with Crippen molar-refractivity contribution >= 4 is 10.2 Å². The van der Waals surface area contributed by atoms with E-state index >= 15 is 0 Å². The van der Waals surface area contributed by atoms with Gasteiger partial charge in [0.1, 0.15) is 0 Å². The zero-order valence-electron chi connectivity index (χ0n) is 11.4. The zero-order valence-corrected chi connectivity index (χ0v) is 12.2. The molecular weight excluding hydrogens is 250 g/mol. The number of rotatable bonds is 6. The van der Waals surface area contributed by atoms with Gasteiger partial charge in [-0.25, -0.2) is 4.72 Å². The molecule has 0 aromatic carbocycles. The smallest absolute Gasteiger partial charge is 0.277 e. The van der Waals surface area contributed by atoms with Crippen LogP contribution in [0.25, 0.3) is 0 Å². The van der Waals surface area contributed by atoms with Crippen LogP contribution in [0.4, 0.5) is 0 Å². The van der Waals surface area contributed by atoms with E-state index < -0.39 is 10.2 Å². The Kier molecular flexibility index (Phi) is 4.64. The van der Waals surface area contributed by atoms with Crippen LogP contribution in [-0.2, 0) is 10.2 Å². The average Bonchev–Trinajstić information content (AvgIpc) is 3.09. The minimum atomic E-state index is -3.29.